The van der Waals surface area contributed by atoms with Gasteiger partial charge in [0, 0.05) is 24.0 Å². The lowest BCUT2D eigenvalue weighted by molar-refractivity contribution is -0.157. The second-order valence-corrected chi connectivity index (χ2v) is 8.34. The molecule has 4 rings (SSSR count). The van der Waals surface area contributed by atoms with Crippen molar-refractivity contribution in [1.29, 1.82) is 5.26 Å². The average Bonchev–Trinajstić information content (AvgIpc) is 3.23. The number of rotatable bonds is 7. The molecular formula is C26H28N2O3. The normalized spacial score (nSPS) is 15.5. The van der Waals surface area contributed by atoms with E-state index in [1.807, 2.05) is 31.2 Å². The van der Waals surface area contributed by atoms with Gasteiger partial charge in [-0.2, -0.15) is 5.26 Å². The molecule has 0 saturated heterocycles. The van der Waals surface area contributed by atoms with Crippen molar-refractivity contribution in [2.24, 2.45) is 5.41 Å². The van der Waals surface area contributed by atoms with E-state index in [0.29, 0.717) is 25.3 Å². The van der Waals surface area contributed by atoms with Crippen molar-refractivity contribution in [3.05, 3.63) is 59.7 Å². The van der Waals surface area contributed by atoms with E-state index in [1.165, 1.54) is 6.42 Å². The van der Waals surface area contributed by atoms with Crippen LogP contribution in [0.3, 0.4) is 0 Å². The van der Waals surface area contributed by atoms with Gasteiger partial charge in [-0.25, -0.2) is 0 Å². The molecule has 0 radical (unpaired) electrons. The number of nitrogens with zero attached hydrogens (tertiary/aromatic N) is 1. The molecule has 1 N–H and O–H groups in total. The van der Waals surface area contributed by atoms with Gasteiger partial charge in [-0.3, -0.25) is 4.79 Å². The summed E-state index contributed by atoms with van der Waals surface area (Å²) in [7, 11) is 0. The molecule has 160 valence electrons. The Morgan fingerprint density at radius 1 is 1.13 bits per heavy atom. The third-order valence-corrected chi connectivity index (χ3v) is 6.19. The largest absolute Gasteiger partial charge is 0.466 e. The number of furan rings is 1. The van der Waals surface area contributed by atoms with Crippen molar-refractivity contribution in [1.82, 2.24) is 5.32 Å². The lowest BCUT2D eigenvalue weighted by atomic mass is 9.74. The highest BCUT2D eigenvalue weighted by Crippen LogP contribution is 2.37. The summed E-state index contributed by atoms with van der Waals surface area (Å²) in [6.45, 7) is 3.63. The smallest absolute Gasteiger partial charge is 0.313 e. The molecule has 5 heteroatoms. The van der Waals surface area contributed by atoms with Crippen molar-refractivity contribution in [2.75, 3.05) is 13.2 Å². The lowest BCUT2D eigenvalue weighted by Gasteiger charge is -2.35. The fraction of sp³-hybridized carbons (Fsp3) is 0.385. The Bertz CT molecular complexity index is 1090. The summed E-state index contributed by atoms with van der Waals surface area (Å²) in [6.07, 6.45) is 5.15. The van der Waals surface area contributed by atoms with E-state index in [9.17, 15) is 4.79 Å². The van der Waals surface area contributed by atoms with Gasteiger partial charge in [-0.05, 0) is 67.8 Å². The topological polar surface area (TPSA) is 75.3 Å². The number of ether oxygens (including phenoxy) is 1. The fourth-order valence-corrected chi connectivity index (χ4v) is 4.47. The van der Waals surface area contributed by atoms with Crippen LogP contribution in [0, 0.1) is 16.7 Å². The van der Waals surface area contributed by atoms with E-state index >= 15 is 0 Å². The van der Waals surface area contributed by atoms with Crippen molar-refractivity contribution in [3.63, 3.8) is 0 Å². The third kappa shape index (κ3) is 4.65. The lowest BCUT2D eigenvalue weighted by Crippen LogP contribution is -2.43. The maximum atomic E-state index is 12.6. The molecule has 0 amide bonds. The van der Waals surface area contributed by atoms with Crippen molar-refractivity contribution in [2.45, 2.75) is 45.6 Å². The highest BCUT2D eigenvalue weighted by atomic mass is 16.5. The van der Waals surface area contributed by atoms with Gasteiger partial charge in [-0.1, -0.05) is 25.3 Å². The number of fused-ring (bicyclic) bond motifs is 1. The Balaban J connectivity index is 1.45. The zero-order valence-electron chi connectivity index (χ0n) is 17.9. The fourth-order valence-electron chi connectivity index (χ4n) is 4.47. The van der Waals surface area contributed by atoms with E-state index in [1.54, 1.807) is 12.1 Å². The molecule has 1 heterocycles. The maximum Gasteiger partial charge on any atom is 0.313 e. The molecule has 5 nitrogen and oxygen atoms in total. The van der Waals surface area contributed by atoms with Gasteiger partial charge in [0.25, 0.3) is 0 Å². The summed E-state index contributed by atoms with van der Waals surface area (Å²) >= 11 is 0. The standard InChI is InChI=1S/C26H28N2O3/c1-2-30-25(29)26(12-4-3-5-13-26)18-28-17-20-8-11-23-22(14-20)15-24(31-23)21-9-6-19(16-27)7-10-21/h6-11,14-15,28H,2-5,12-13,17-18H2,1H3. The molecule has 1 saturated carbocycles. The monoisotopic (exact) mass is 416 g/mol. The predicted molar refractivity (Wildman–Crippen MR) is 120 cm³/mol. The van der Waals surface area contributed by atoms with Crippen LogP contribution >= 0.6 is 0 Å². The Morgan fingerprint density at radius 2 is 1.90 bits per heavy atom. The van der Waals surface area contributed by atoms with Crippen molar-refractivity contribution in [3.8, 4) is 17.4 Å². The van der Waals surface area contributed by atoms with Crippen molar-refractivity contribution < 1.29 is 13.9 Å². The van der Waals surface area contributed by atoms with Crippen LogP contribution in [0.2, 0.25) is 0 Å². The molecule has 0 spiro atoms. The molecule has 2 aromatic carbocycles. The minimum Gasteiger partial charge on any atom is -0.466 e. The molecular weight excluding hydrogens is 388 g/mol. The Kier molecular flexibility index (Phi) is 6.39. The van der Waals surface area contributed by atoms with Gasteiger partial charge in [0.05, 0.1) is 23.7 Å². The molecule has 1 aliphatic rings. The summed E-state index contributed by atoms with van der Waals surface area (Å²) in [5.41, 5.74) is 3.17. The molecule has 0 bridgehead atoms. The first kappa shape index (κ1) is 21.1. The quantitative estimate of drug-likeness (QED) is 0.509. The first-order valence-corrected chi connectivity index (χ1v) is 11.0. The second kappa shape index (κ2) is 9.36. The number of nitrogens with one attached hydrogen (secondary N) is 1. The highest BCUT2D eigenvalue weighted by molar-refractivity contribution is 5.83. The van der Waals surface area contributed by atoms with Gasteiger partial charge in [-0.15, -0.1) is 0 Å². The predicted octanol–water partition coefficient (Wildman–Crippen LogP) is 5.57. The number of carbonyl (C=O) groups excluding carboxylic acids is 1. The van der Waals surface area contributed by atoms with Crippen LogP contribution in [-0.2, 0) is 16.1 Å². The molecule has 1 aromatic heterocycles. The number of benzene rings is 2. The van der Waals surface area contributed by atoms with Gasteiger partial charge < -0.3 is 14.5 Å². The Hall–Kier alpha value is -3.10. The number of esters is 1. The summed E-state index contributed by atoms with van der Waals surface area (Å²) in [4.78, 5) is 12.6. The van der Waals surface area contributed by atoms with Crippen LogP contribution in [-0.4, -0.2) is 19.1 Å². The molecule has 1 aliphatic carbocycles. The summed E-state index contributed by atoms with van der Waals surface area (Å²) < 4.78 is 11.4. The summed E-state index contributed by atoms with van der Waals surface area (Å²) in [5.74, 6) is 0.729. The van der Waals surface area contributed by atoms with E-state index in [2.05, 4.69) is 23.5 Å². The van der Waals surface area contributed by atoms with Gasteiger partial charge >= 0.3 is 5.97 Å². The number of hydrogen-bond acceptors (Lipinski definition) is 5. The Labute approximate surface area is 183 Å². The van der Waals surface area contributed by atoms with Gasteiger partial charge in [0.1, 0.15) is 11.3 Å². The summed E-state index contributed by atoms with van der Waals surface area (Å²) in [6, 6.07) is 17.7. The van der Waals surface area contributed by atoms with Crippen LogP contribution in [0.5, 0.6) is 0 Å². The van der Waals surface area contributed by atoms with Gasteiger partial charge in [0.15, 0.2) is 0 Å². The number of carbonyl (C=O) groups is 1. The molecule has 1 fully saturated rings. The van der Waals surface area contributed by atoms with E-state index in [-0.39, 0.29) is 5.97 Å². The number of hydrogen-bond donors (Lipinski definition) is 1. The zero-order valence-corrected chi connectivity index (χ0v) is 17.9. The van der Waals surface area contributed by atoms with E-state index < -0.39 is 5.41 Å². The minimum absolute atomic E-state index is 0.0560. The minimum atomic E-state index is -0.392. The zero-order chi connectivity index (χ0) is 21.7. The van der Waals surface area contributed by atoms with E-state index in [0.717, 1.165) is 53.5 Å². The molecule has 3 aromatic rings. The molecule has 31 heavy (non-hydrogen) atoms. The summed E-state index contributed by atoms with van der Waals surface area (Å²) in [5, 5.41) is 13.5. The van der Waals surface area contributed by atoms with Gasteiger partial charge in [0.2, 0.25) is 0 Å². The average molecular weight is 417 g/mol. The molecule has 0 aliphatic heterocycles. The SMILES string of the molecule is CCOC(=O)C1(CNCc2ccc3oc(-c4ccc(C#N)cc4)cc3c2)CCCCC1. The maximum absolute atomic E-state index is 12.6. The van der Waals surface area contributed by atoms with E-state index in [4.69, 9.17) is 14.4 Å². The van der Waals surface area contributed by atoms with Crippen LogP contribution in [0.15, 0.2) is 52.9 Å². The molecule has 0 atom stereocenters. The first-order chi connectivity index (χ1) is 15.1. The van der Waals surface area contributed by atoms with Crippen molar-refractivity contribution >= 4 is 16.9 Å². The highest BCUT2D eigenvalue weighted by Gasteiger charge is 2.40. The Morgan fingerprint density at radius 3 is 2.61 bits per heavy atom. The first-order valence-electron chi connectivity index (χ1n) is 11.0. The third-order valence-electron chi connectivity index (χ3n) is 6.19. The van der Waals surface area contributed by atoms with Crippen LogP contribution in [0.4, 0.5) is 0 Å². The number of nitriles is 1. The van der Waals surface area contributed by atoms with Crippen LogP contribution in [0.1, 0.15) is 50.2 Å². The molecule has 0 unspecified atom stereocenters. The second-order valence-electron chi connectivity index (χ2n) is 8.34. The van der Waals surface area contributed by atoms with Crippen LogP contribution < -0.4 is 5.32 Å². The van der Waals surface area contributed by atoms with Crippen LogP contribution in [0.25, 0.3) is 22.3 Å².